The van der Waals surface area contributed by atoms with Crippen LogP contribution in [0.5, 0.6) is 5.75 Å². The second-order valence-electron chi connectivity index (χ2n) is 8.57. The molecule has 0 bridgehead atoms. The first-order chi connectivity index (χ1) is 15.1. The SMILES string of the molecule is COc1ccc(CN2CCN(C(=O)CN3CCCC3C(=O)N3CCSCC3)CC2)cc1. The molecule has 3 saturated heterocycles. The van der Waals surface area contributed by atoms with Crippen molar-refractivity contribution in [2.24, 2.45) is 0 Å². The fraction of sp³-hybridized carbons (Fsp3) is 0.652. The van der Waals surface area contributed by atoms with Crippen LogP contribution in [0, 0.1) is 0 Å². The number of methoxy groups -OCH3 is 1. The standard InChI is InChI=1S/C23H34N4O3S/c1-30-20-6-4-19(5-7-20)17-24-9-11-25(12-10-24)22(28)18-27-8-2-3-21(27)23(29)26-13-15-31-16-14-26/h4-7,21H,2-3,8-18H2,1H3. The number of amides is 2. The summed E-state index contributed by atoms with van der Waals surface area (Å²) in [6, 6.07) is 8.07. The van der Waals surface area contributed by atoms with Crippen LogP contribution in [-0.4, -0.2) is 108 Å². The molecule has 1 aromatic carbocycles. The largest absolute Gasteiger partial charge is 0.497 e. The molecule has 3 aliphatic rings. The molecule has 1 aromatic rings. The van der Waals surface area contributed by atoms with Crippen molar-refractivity contribution in [1.29, 1.82) is 0 Å². The van der Waals surface area contributed by atoms with E-state index in [0.29, 0.717) is 6.54 Å². The van der Waals surface area contributed by atoms with Crippen LogP contribution in [0.15, 0.2) is 24.3 Å². The monoisotopic (exact) mass is 446 g/mol. The van der Waals surface area contributed by atoms with Crippen molar-refractivity contribution in [2.75, 3.05) is 71.0 Å². The lowest BCUT2D eigenvalue weighted by molar-refractivity contribution is -0.139. The third kappa shape index (κ3) is 5.73. The first-order valence-electron chi connectivity index (χ1n) is 11.4. The number of benzene rings is 1. The molecule has 0 aromatic heterocycles. The van der Waals surface area contributed by atoms with Crippen LogP contribution in [-0.2, 0) is 16.1 Å². The Balaban J connectivity index is 1.24. The van der Waals surface area contributed by atoms with E-state index in [1.807, 2.05) is 33.7 Å². The number of carbonyl (C=O) groups excluding carboxylic acids is 2. The number of hydrogen-bond donors (Lipinski definition) is 0. The molecule has 8 heteroatoms. The molecule has 3 heterocycles. The van der Waals surface area contributed by atoms with Gasteiger partial charge in [-0.15, -0.1) is 0 Å². The number of hydrogen-bond acceptors (Lipinski definition) is 6. The van der Waals surface area contributed by atoms with Gasteiger partial charge in [0.1, 0.15) is 5.75 Å². The molecule has 0 saturated carbocycles. The van der Waals surface area contributed by atoms with E-state index in [-0.39, 0.29) is 17.9 Å². The molecule has 0 spiro atoms. The number of rotatable bonds is 6. The number of nitrogens with zero attached hydrogens (tertiary/aromatic N) is 4. The highest BCUT2D eigenvalue weighted by molar-refractivity contribution is 7.99. The van der Waals surface area contributed by atoms with Gasteiger partial charge in [-0.05, 0) is 37.1 Å². The van der Waals surface area contributed by atoms with Crippen molar-refractivity contribution in [2.45, 2.75) is 25.4 Å². The van der Waals surface area contributed by atoms with Crippen LogP contribution in [0.25, 0.3) is 0 Å². The zero-order chi connectivity index (χ0) is 21.6. The third-order valence-corrected chi connectivity index (χ3v) is 7.54. The van der Waals surface area contributed by atoms with Crippen molar-refractivity contribution >= 4 is 23.6 Å². The van der Waals surface area contributed by atoms with Crippen LogP contribution in [0.1, 0.15) is 18.4 Å². The van der Waals surface area contributed by atoms with Gasteiger partial charge >= 0.3 is 0 Å². The fourth-order valence-corrected chi connectivity index (χ4v) is 5.61. The van der Waals surface area contributed by atoms with E-state index in [1.165, 1.54) is 5.56 Å². The highest BCUT2D eigenvalue weighted by Gasteiger charge is 2.36. The molecule has 3 fully saturated rings. The molecule has 31 heavy (non-hydrogen) atoms. The molecular weight excluding hydrogens is 412 g/mol. The highest BCUT2D eigenvalue weighted by atomic mass is 32.2. The quantitative estimate of drug-likeness (QED) is 0.658. The van der Waals surface area contributed by atoms with E-state index < -0.39 is 0 Å². The number of likely N-dealkylation sites (tertiary alicyclic amines) is 1. The summed E-state index contributed by atoms with van der Waals surface area (Å²) in [6.45, 7) is 7.07. The molecule has 1 atom stereocenters. The highest BCUT2D eigenvalue weighted by Crippen LogP contribution is 2.22. The first kappa shape index (κ1) is 22.4. The molecule has 2 amide bonds. The Kier molecular flexibility index (Phi) is 7.74. The number of thioether (sulfide) groups is 1. The average Bonchev–Trinajstić information content (AvgIpc) is 3.28. The minimum Gasteiger partial charge on any atom is -0.497 e. The van der Waals surface area contributed by atoms with Gasteiger partial charge in [-0.25, -0.2) is 0 Å². The van der Waals surface area contributed by atoms with Gasteiger partial charge in [0.25, 0.3) is 0 Å². The number of carbonyl (C=O) groups is 2. The summed E-state index contributed by atoms with van der Waals surface area (Å²) >= 11 is 1.91. The molecular formula is C23H34N4O3S. The van der Waals surface area contributed by atoms with Gasteiger partial charge < -0.3 is 14.5 Å². The van der Waals surface area contributed by atoms with E-state index in [0.717, 1.165) is 82.5 Å². The van der Waals surface area contributed by atoms with Crippen molar-refractivity contribution < 1.29 is 14.3 Å². The van der Waals surface area contributed by atoms with Crippen LogP contribution < -0.4 is 4.74 Å². The summed E-state index contributed by atoms with van der Waals surface area (Å²) in [6.07, 6.45) is 1.88. The summed E-state index contributed by atoms with van der Waals surface area (Å²) < 4.78 is 5.22. The third-order valence-electron chi connectivity index (χ3n) is 6.60. The van der Waals surface area contributed by atoms with Crippen LogP contribution >= 0.6 is 11.8 Å². The van der Waals surface area contributed by atoms with Crippen molar-refractivity contribution in [3.63, 3.8) is 0 Å². The van der Waals surface area contributed by atoms with E-state index in [4.69, 9.17) is 4.74 Å². The Morgan fingerprint density at radius 3 is 2.35 bits per heavy atom. The van der Waals surface area contributed by atoms with Gasteiger partial charge in [0.15, 0.2) is 0 Å². The van der Waals surface area contributed by atoms with Crippen molar-refractivity contribution in [3.8, 4) is 5.75 Å². The zero-order valence-electron chi connectivity index (χ0n) is 18.5. The summed E-state index contributed by atoms with van der Waals surface area (Å²) in [5.41, 5.74) is 1.26. The smallest absolute Gasteiger partial charge is 0.239 e. The minimum absolute atomic E-state index is 0.108. The summed E-state index contributed by atoms with van der Waals surface area (Å²) in [4.78, 5) is 34.4. The lowest BCUT2D eigenvalue weighted by Gasteiger charge is -2.36. The zero-order valence-corrected chi connectivity index (χ0v) is 19.3. The van der Waals surface area contributed by atoms with Crippen LogP contribution in [0.3, 0.4) is 0 Å². The van der Waals surface area contributed by atoms with Gasteiger partial charge in [0, 0.05) is 57.3 Å². The van der Waals surface area contributed by atoms with E-state index in [1.54, 1.807) is 7.11 Å². The number of piperazine rings is 1. The summed E-state index contributed by atoms with van der Waals surface area (Å²) in [7, 11) is 1.68. The predicted octanol–water partition coefficient (Wildman–Crippen LogP) is 1.38. The molecule has 0 radical (unpaired) electrons. The number of ether oxygens (including phenoxy) is 1. The minimum atomic E-state index is -0.108. The second kappa shape index (κ2) is 10.7. The Morgan fingerprint density at radius 2 is 1.68 bits per heavy atom. The van der Waals surface area contributed by atoms with Crippen LogP contribution in [0.2, 0.25) is 0 Å². The Labute approximate surface area is 189 Å². The summed E-state index contributed by atoms with van der Waals surface area (Å²) in [5.74, 6) is 3.32. The Morgan fingerprint density at radius 1 is 0.968 bits per heavy atom. The lowest BCUT2D eigenvalue weighted by atomic mass is 10.1. The molecule has 3 aliphatic heterocycles. The topological polar surface area (TPSA) is 56.3 Å². The maximum Gasteiger partial charge on any atom is 0.239 e. The van der Waals surface area contributed by atoms with Crippen molar-refractivity contribution in [1.82, 2.24) is 19.6 Å². The predicted molar refractivity (Wildman–Crippen MR) is 123 cm³/mol. The maximum atomic E-state index is 13.0. The van der Waals surface area contributed by atoms with Gasteiger partial charge in [0.05, 0.1) is 19.7 Å². The molecule has 0 N–H and O–H groups in total. The molecule has 7 nitrogen and oxygen atoms in total. The Hall–Kier alpha value is -1.77. The second-order valence-corrected chi connectivity index (χ2v) is 9.80. The van der Waals surface area contributed by atoms with Gasteiger partial charge in [-0.2, -0.15) is 11.8 Å². The average molecular weight is 447 g/mol. The van der Waals surface area contributed by atoms with Gasteiger partial charge in [-0.1, -0.05) is 12.1 Å². The van der Waals surface area contributed by atoms with Gasteiger partial charge in [0.2, 0.25) is 11.8 Å². The van der Waals surface area contributed by atoms with E-state index >= 15 is 0 Å². The van der Waals surface area contributed by atoms with Gasteiger partial charge in [-0.3, -0.25) is 19.4 Å². The Bertz CT molecular complexity index is 746. The molecule has 1 unspecified atom stereocenters. The van der Waals surface area contributed by atoms with E-state index in [2.05, 4.69) is 21.9 Å². The molecule has 4 rings (SSSR count). The van der Waals surface area contributed by atoms with Crippen molar-refractivity contribution in [3.05, 3.63) is 29.8 Å². The lowest BCUT2D eigenvalue weighted by Crippen LogP contribution is -2.53. The molecule has 170 valence electrons. The van der Waals surface area contributed by atoms with Crippen LogP contribution in [0.4, 0.5) is 0 Å². The normalized spacial score (nSPS) is 23.2. The first-order valence-corrected chi connectivity index (χ1v) is 12.5. The maximum absolute atomic E-state index is 13.0. The summed E-state index contributed by atoms with van der Waals surface area (Å²) in [5, 5.41) is 0. The van der Waals surface area contributed by atoms with E-state index in [9.17, 15) is 9.59 Å². The molecule has 0 aliphatic carbocycles. The fourth-order valence-electron chi connectivity index (χ4n) is 4.71.